The lowest BCUT2D eigenvalue weighted by Crippen LogP contribution is -2.23. The molecule has 1 aromatic carbocycles. The van der Waals surface area contributed by atoms with Gasteiger partial charge in [0, 0.05) is 11.5 Å². The summed E-state index contributed by atoms with van der Waals surface area (Å²) in [4.78, 5) is 22.5. The summed E-state index contributed by atoms with van der Waals surface area (Å²) in [6.45, 7) is 5.05. The van der Waals surface area contributed by atoms with Gasteiger partial charge in [-0.3, -0.25) is 9.98 Å². The molecule has 0 heterocycles. The SMILES string of the molecule is CCOC(=O)C1=CC(=NCc2ccccc2)C(=NC2CCCCC2)C(C)CC1. The van der Waals surface area contributed by atoms with E-state index < -0.39 is 0 Å². The van der Waals surface area contributed by atoms with Crippen molar-refractivity contribution in [1.82, 2.24) is 0 Å². The number of ether oxygens (including phenoxy) is 1. The van der Waals surface area contributed by atoms with Gasteiger partial charge in [0.15, 0.2) is 0 Å². The smallest absolute Gasteiger partial charge is 0.334 e. The fourth-order valence-corrected chi connectivity index (χ4v) is 3.94. The molecule has 0 radical (unpaired) electrons. The van der Waals surface area contributed by atoms with E-state index >= 15 is 0 Å². The Hall–Kier alpha value is -2.23. The van der Waals surface area contributed by atoms with Gasteiger partial charge < -0.3 is 4.74 Å². The minimum atomic E-state index is -0.221. The third-order valence-electron chi connectivity index (χ3n) is 5.60. The van der Waals surface area contributed by atoms with Crippen molar-refractivity contribution in [2.45, 2.75) is 71.4 Å². The maximum atomic E-state index is 12.4. The lowest BCUT2D eigenvalue weighted by molar-refractivity contribution is -0.138. The number of carbonyl (C=O) groups excluding carboxylic acids is 1. The summed E-state index contributed by atoms with van der Waals surface area (Å²) in [7, 11) is 0. The molecule has 1 unspecified atom stereocenters. The minimum absolute atomic E-state index is 0.221. The molecule has 28 heavy (non-hydrogen) atoms. The second-order valence-electron chi connectivity index (χ2n) is 7.82. The first-order valence-corrected chi connectivity index (χ1v) is 10.7. The summed E-state index contributed by atoms with van der Waals surface area (Å²) in [5.74, 6) is 0.0700. The van der Waals surface area contributed by atoms with E-state index in [0.717, 1.165) is 36.2 Å². The minimum Gasteiger partial charge on any atom is -0.463 e. The second kappa shape index (κ2) is 10.4. The van der Waals surface area contributed by atoms with E-state index in [9.17, 15) is 4.79 Å². The van der Waals surface area contributed by atoms with Gasteiger partial charge in [-0.1, -0.05) is 56.5 Å². The standard InChI is InChI=1S/C24H32N2O2/c1-3-28-24(27)20-15-14-18(2)23(26-21-12-8-5-9-13-21)22(16-20)25-17-19-10-6-4-7-11-19/h4,6-7,10-11,16,18,21H,3,5,8-9,12-15,17H2,1-2H3. The molecule has 1 saturated carbocycles. The molecule has 2 aliphatic rings. The first-order chi connectivity index (χ1) is 13.7. The Bertz CT molecular complexity index is 743. The topological polar surface area (TPSA) is 51.0 Å². The number of allylic oxidation sites excluding steroid dienone is 1. The number of hydrogen-bond donors (Lipinski definition) is 0. The van der Waals surface area contributed by atoms with Crippen molar-refractivity contribution in [3.05, 3.63) is 47.5 Å². The fourth-order valence-electron chi connectivity index (χ4n) is 3.94. The highest BCUT2D eigenvalue weighted by Crippen LogP contribution is 2.25. The van der Waals surface area contributed by atoms with Gasteiger partial charge >= 0.3 is 5.97 Å². The molecule has 1 atom stereocenters. The molecule has 0 spiro atoms. The van der Waals surface area contributed by atoms with Gasteiger partial charge in [-0.25, -0.2) is 4.79 Å². The lowest BCUT2D eigenvalue weighted by Gasteiger charge is -2.21. The molecule has 2 aliphatic carbocycles. The van der Waals surface area contributed by atoms with Crippen molar-refractivity contribution in [2.75, 3.05) is 6.61 Å². The zero-order valence-electron chi connectivity index (χ0n) is 17.2. The number of rotatable bonds is 5. The normalized spacial score (nSPS) is 24.1. The molecular formula is C24H32N2O2. The highest BCUT2D eigenvalue weighted by Gasteiger charge is 2.25. The van der Waals surface area contributed by atoms with Gasteiger partial charge in [0.25, 0.3) is 0 Å². The Balaban J connectivity index is 1.93. The Morgan fingerprint density at radius 1 is 1.11 bits per heavy atom. The van der Waals surface area contributed by atoms with Crippen molar-refractivity contribution >= 4 is 17.4 Å². The van der Waals surface area contributed by atoms with E-state index in [0.29, 0.717) is 37.1 Å². The molecule has 0 saturated heterocycles. The molecular weight excluding hydrogens is 348 g/mol. The Labute approximate surface area is 168 Å². The number of benzene rings is 1. The van der Waals surface area contributed by atoms with Crippen LogP contribution in [-0.2, 0) is 16.1 Å². The molecule has 4 nitrogen and oxygen atoms in total. The average molecular weight is 381 g/mol. The number of carbonyl (C=O) groups is 1. The molecule has 150 valence electrons. The van der Waals surface area contributed by atoms with Gasteiger partial charge in [-0.15, -0.1) is 0 Å². The van der Waals surface area contributed by atoms with Crippen LogP contribution in [-0.4, -0.2) is 30.0 Å². The van der Waals surface area contributed by atoms with Gasteiger partial charge in [-0.05, 0) is 44.2 Å². The maximum absolute atomic E-state index is 12.4. The third kappa shape index (κ3) is 5.63. The van der Waals surface area contributed by atoms with Crippen LogP contribution >= 0.6 is 0 Å². The Morgan fingerprint density at radius 2 is 1.86 bits per heavy atom. The molecule has 1 aromatic rings. The summed E-state index contributed by atoms with van der Waals surface area (Å²) >= 11 is 0. The van der Waals surface area contributed by atoms with Crippen LogP contribution in [0.2, 0.25) is 0 Å². The van der Waals surface area contributed by atoms with Gasteiger partial charge in [0.2, 0.25) is 0 Å². The number of aliphatic imine (C=N–C) groups is 2. The summed E-state index contributed by atoms with van der Waals surface area (Å²) in [6, 6.07) is 10.6. The monoisotopic (exact) mass is 380 g/mol. The van der Waals surface area contributed by atoms with Crippen LogP contribution in [0, 0.1) is 5.92 Å². The van der Waals surface area contributed by atoms with E-state index in [4.69, 9.17) is 14.7 Å². The summed E-state index contributed by atoms with van der Waals surface area (Å²) < 4.78 is 5.27. The largest absolute Gasteiger partial charge is 0.463 e. The molecule has 0 aromatic heterocycles. The van der Waals surface area contributed by atoms with E-state index in [1.165, 1.54) is 19.3 Å². The van der Waals surface area contributed by atoms with Crippen molar-refractivity contribution in [3.63, 3.8) is 0 Å². The molecule has 0 N–H and O–H groups in total. The van der Waals surface area contributed by atoms with E-state index in [-0.39, 0.29) is 5.97 Å². The number of nitrogens with zero attached hydrogens (tertiary/aromatic N) is 2. The zero-order valence-corrected chi connectivity index (χ0v) is 17.2. The van der Waals surface area contributed by atoms with E-state index in [1.807, 2.05) is 31.2 Å². The average Bonchev–Trinajstić information content (AvgIpc) is 2.88. The van der Waals surface area contributed by atoms with Crippen molar-refractivity contribution in [3.8, 4) is 0 Å². The predicted octanol–water partition coefficient (Wildman–Crippen LogP) is 5.32. The Kier molecular flexibility index (Phi) is 7.58. The first kappa shape index (κ1) is 20.5. The third-order valence-corrected chi connectivity index (χ3v) is 5.60. The number of hydrogen-bond acceptors (Lipinski definition) is 4. The maximum Gasteiger partial charge on any atom is 0.334 e. The second-order valence-corrected chi connectivity index (χ2v) is 7.82. The predicted molar refractivity (Wildman–Crippen MR) is 115 cm³/mol. The Morgan fingerprint density at radius 3 is 2.57 bits per heavy atom. The molecule has 1 fully saturated rings. The molecule has 3 rings (SSSR count). The van der Waals surface area contributed by atoms with Crippen LogP contribution in [0.3, 0.4) is 0 Å². The van der Waals surface area contributed by atoms with Crippen LogP contribution in [0.4, 0.5) is 0 Å². The highest BCUT2D eigenvalue weighted by atomic mass is 16.5. The van der Waals surface area contributed by atoms with E-state index in [1.54, 1.807) is 0 Å². The van der Waals surface area contributed by atoms with Crippen LogP contribution < -0.4 is 0 Å². The quantitative estimate of drug-likeness (QED) is 0.649. The van der Waals surface area contributed by atoms with E-state index in [2.05, 4.69) is 19.1 Å². The zero-order chi connectivity index (χ0) is 19.8. The van der Waals surface area contributed by atoms with Crippen molar-refractivity contribution in [1.29, 1.82) is 0 Å². The first-order valence-electron chi connectivity index (χ1n) is 10.7. The molecule has 4 heteroatoms. The van der Waals surface area contributed by atoms with Crippen LogP contribution in [0.1, 0.15) is 64.4 Å². The summed E-state index contributed by atoms with van der Waals surface area (Å²) in [5, 5.41) is 0. The van der Waals surface area contributed by atoms with Gasteiger partial charge in [0.1, 0.15) is 0 Å². The molecule has 0 aliphatic heterocycles. The van der Waals surface area contributed by atoms with Crippen LogP contribution in [0.15, 0.2) is 52.0 Å². The molecule has 0 amide bonds. The fraction of sp³-hybridized carbons (Fsp3) is 0.542. The summed E-state index contributed by atoms with van der Waals surface area (Å²) in [6.07, 6.45) is 9.72. The van der Waals surface area contributed by atoms with Gasteiger partial charge in [0.05, 0.1) is 30.6 Å². The van der Waals surface area contributed by atoms with Crippen molar-refractivity contribution < 1.29 is 9.53 Å². The highest BCUT2D eigenvalue weighted by molar-refractivity contribution is 6.48. The van der Waals surface area contributed by atoms with Crippen LogP contribution in [0.5, 0.6) is 0 Å². The van der Waals surface area contributed by atoms with Crippen LogP contribution in [0.25, 0.3) is 0 Å². The van der Waals surface area contributed by atoms with Crippen molar-refractivity contribution in [2.24, 2.45) is 15.9 Å². The summed E-state index contributed by atoms with van der Waals surface area (Å²) in [5.41, 5.74) is 3.81. The van der Waals surface area contributed by atoms with Gasteiger partial charge in [-0.2, -0.15) is 0 Å². The molecule has 0 bridgehead atoms. The lowest BCUT2D eigenvalue weighted by atomic mass is 9.93. The number of esters is 1.